The molecule has 5 nitrogen and oxygen atoms in total. The van der Waals surface area contributed by atoms with E-state index in [-0.39, 0.29) is 53.0 Å². The number of ketones is 2. The predicted molar refractivity (Wildman–Crippen MR) is 126 cm³/mol. The van der Waals surface area contributed by atoms with Crippen LogP contribution in [0.2, 0.25) is 0 Å². The van der Waals surface area contributed by atoms with Gasteiger partial charge < -0.3 is 9.84 Å². The second-order valence-electron chi connectivity index (χ2n) is 10.7. The number of halogens is 1. The maximum Gasteiger partial charge on any atom is 0.307 e. The molecule has 4 aliphatic rings. The van der Waals surface area contributed by atoms with Crippen LogP contribution in [0.15, 0.2) is 11.6 Å². The van der Waals surface area contributed by atoms with E-state index in [1.54, 1.807) is 11.8 Å². The lowest BCUT2D eigenvalue weighted by Gasteiger charge is -2.60. The Hall–Kier alpha value is -0.850. The van der Waals surface area contributed by atoms with Gasteiger partial charge in [-0.1, -0.05) is 19.4 Å². The van der Waals surface area contributed by atoms with Crippen LogP contribution in [0.3, 0.4) is 0 Å². The smallest absolute Gasteiger partial charge is 0.307 e. The fourth-order valence-electron chi connectivity index (χ4n) is 7.90. The van der Waals surface area contributed by atoms with Crippen molar-refractivity contribution in [2.45, 2.75) is 76.9 Å². The third-order valence-electron chi connectivity index (χ3n) is 9.39. The number of aliphatic hydroxyl groups is 1. The molecule has 0 heterocycles. The molecule has 4 aliphatic carbocycles. The number of ether oxygens (including phenoxy) is 1. The van der Waals surface area contributed by atoms with Gasteiger partial charge in [0, 0.05) is 17.6 Å². The zero-order valence-corrected chi connectivity index (χ0v) is 20.9. The van der Waals surface area contributed by atoms with Crippen molar-refractivity contribution in [1.82, 2.24) is 0 Å². The van der Waals surface area contributed by atoms with Gasteiger partial charge in [-0.15, -0.1) is 11.6 Å². The number of thioether (sulfide) groups is 1. The molecular formula is C25H35ClO5S. The lowest BCUT2D eigenvalue weighted by Crippen LogP contribution is -2.63. The maximum atomic E-state index is 13.3. The number of rotatable bonds is 6. The summed E-state index contributed by atoms with van der Waals surface area (Å²) in [7, 11) is 0. The van der Waals surface area contributed by atoms with Gasteiger partial charge in [0.1, 0.15) is 0 Å². The van der Waals surface area contributed by atoms with Crippen molar-refractivity contribution >= 4 is 40.9 Å². The van der Waals surface area contributed by atoms with Gasteiger partial charge in [-0.25, -0.2) is 0 Å². The van der Waals surface area contributed by atoms with Gasteiger partial charge in [0.05, 0.1) is 18.4 Å². The van der Waals surface area contributed by atoms with Crippen molar-refractivity contribution in [2.75, 3.05) is 17.9 Å². The fourth-order valence-corrected chi connectivity index (χ4v) is 8.48. The molecular weight excluding hydrogens is 448 g/mol. The van der Waals surface area contributed by atoms with Gasteiger partial charge in [-0.05, 0) is 74.0 Å². The molecule has 178 valence electrons. The molecule has 0 radical (unpaired) electrons. The number of carbonyl (C=O) groups is 3. The van der Waals surface area contributed by atoms with Crippen LogP contribution in [0.5, 0.6) is 0 Å². The molecule has 0 aromatic heterocycles. The molecule has 0 aromatic carbocycles. The van der Waals surface area contributed by atoms with E-state index < -0.39 is 17.1 Å². The van der Waals surface area contributed by atoms with Crippen molar-refractivity contribution < 1.29 is 24.2 Å². The van der Waals surface area contributed by atoms with Gasteiger partial charge in [0.2, 0.25) is 0 Å². The average molecular weight is 483 g/mol. The molecule has 3 fully saturated rings. The summed E-state index contributed by atoms with van der Waals surface area (Å²) in [5.74, 6) is 0.500. The van der Waals surface area contributed by atoms with Crippen molar-refractivity contribution in [3.63, 3.8) is 0 Å². The molecule has 0 bridgehead atoms. The van der Waals surface area contributed by atoms with Gasteiger partial charge in [0.25, 0.3) is 0 Å². The van der Waals surface area contributed by atoms with Crippen LogP contribution in [-0.2, 0) is 19.1 Å². The van der Waals surface area contributed by atoms with Crippen LogP contribution >= 0.6 is 23.4 Å². The normalized spacial score (nSPS) is 43.0. The standard InChI is InChI=1S/C25H35ClO5S/c1-23-9-6-16(27)12-15(23)4-5-17-18-7-10-25(20(29)14-26,31-21(30)8-11-32-3)24(18,2)13-19(28)22(17)23/h12,17-19,22,28H,4-11,13-14H2,1-3H3/t17-,18-,19-,22+,23-,24-,25-/m0/s1. The summed E-state index contributed by atoms with van der Waals surface area (Å²) in [5, 5.41) is 11.5. The first kappa shape index (κ1) is 24.3. The Morgan fingerprint density at radius 2 is 2.00 bits per heavy atom. The van der Waals surface area contributed by atoms with Crippen LogP contribution in [0.1, 0.15) is 65.2 Å². The number of carbonyl (C=O) groups excluding carboxylic acids is 3. The van der Waals surface area contributed by atoms with Crippen molar-refractivity contribution in [3.8, 4) is 0 Å². The third kappa shape index (κ3) is 3.51. The van der Waals surface area contributed by atoms with Crippen LogP contribution in [0.25, 0.3) is 0 Å². The summed E-state index contributed by atoms with van der Waals surface area (Å²) < 4.78 is 6.05. The van der Waals surface area contributed by atoms with Crippen molar-refractivity contribution in [1.29, 1.82) is 0 Å². The van der Waals surface area contributed by atoms with E-state index in [9.17, 15) is 19.5 Å². The van der Waals surface area contributed by atoms with Crippen LogP contribution < -0.4 is 0 Å². The number of Topliss-reactive ketones (excluding diaryl/α,β-unsaturated/α-hetero) is 1. The average Bonchev–Trinajstić information content (AvgIpc) is 3.04. The van der Waals surface area contributed by atoms with Crippen molar-refractivity contribution in [2.24, 2.45) is 28.6 Å². The molecule has 32 heavy (non-hydrogen) atoms. The Morgan fingerprint density at radius 1 is 1.25 bits per heavy atom. The van der Waals surface area contributed by atoms with E-state index in [4.69, 9.17) is 16.3 Å². The SMILES string of the molecule is CSCCC(=O)O[C@]1(C(=O)CCl)CC[C@H]2[C@@H]3CCC4=CC(=O)CC[C@]4(C)[C@H]3[C@@H](O)C[C@@]21C. The Morgan fingerprint density at radius 3 is 2.69 bits per heavy atom. The highest BCUT2D eigenvalue weighted by Crippen LogP contribution is 2.68. The van der Waals surface area contributed by atoms with Gasteiger partial charge in [-0.3, -0.25) is 14.4 Å². The quantitative estimate of drug-likeness (QED) is 0.448. The van der Waals surface area contributed by atoms with E-state index in [2.05, 4.69) is 6.92 Å². The zero-order valence-electron chi connectivity index (χ0n) is 19.3. The van der Waals surface area contributed by atoms with Crippen LogP contribution in [-0.4, -0.2) is 52.2 Å². The van der Waals surface area contributed by atoms with Crippen LogP contribution in [0.4, 0.5) is 0 Å². The molecule has 7 atom stereocenters. The minimum atomic E-state index is -1.26. The third-order valence-corrected chi connectivity index (χ3v) is 10.2. The Balaban J connectivity index is 1.70. The molecule has 0 amide bonds. The highest BCUT2D eigenvalue weighted by molar-refractivity contribution is 7.98. The van der Waals surface area contributed by atoms with Gasteiger partial charge >= 0.3 is 5.97 Å². The number of fused-ring (bicyclic) bond motifs is 5. The monoisotopic (exact) mass is 482 g/mol. The first-order valence-corrected chi connectivity index (χ1v) is 13.8. The number of allylic oxidation sites excluding steroid dienone is 1. The highest BCUT2D eigenvalue weighted by Gasteiger charge is 2.70. The molecule has 7 heteroatoms. The van der Waals surface area contributed by atoms with E-state index in [1.165, 1.54) is 5.57 Å². The Kier molecular flexibility index (Phi) is 6.63. The highest BCUT2D eigenvalue weighted by atomic mass is 35.5. The predicted octanol–water partition coefficient (Wildman–Crippen LogP) is 4.33. The lowest BCUT2D eigenvalue weighted by molar-refractivity contribution is -0.199. The van der Waals surface area contributed by atoms with Gasteiger partial charge in [-0.2, -0.15) is 11.8 Å². The molecule has 0 aliphatic heterocycles. The van der Waals surface area contributed by atoms with E-state index in [1.807, 2.05) is 19.3 Å². The summed E-state index contributed by atoms with van der Waals surface area (Å²) in [6.07, 6.45) is 8.11. The zero-order chi connectivity index (χ0) is 23.3. The minimum Gasteiger partial charge on any atom is -0.450 e. The van der Waals surface area contributed by atoms with E-state index in [0.29, 0.717) is 25.0 Å². The van der Waals surface area contributed by atoms with E-state index in [0.717, 1.165) is 25.7 Å². The van der Waals surface area contributed by atoms with Crippen LogP contribution in [0, 0.1) is 28.6 Å². The Labute approximate surface area is 200 Å². The fraction of sp³-hybridized carbons (Fsp3) is 0.800. The summed E-state index contributed by atoms with van der Waals surface area (Å²) in [6.45, 7) is 4.25. The molecule has 0 saturated heterocycles. The number of esters is 1. The molecule has 1 N–H and O–H groups in total. The summed E-state index contributed by atoms with van der Waals surface area (Å²) in [4.78, 5) is 38.0. The molecule has 3 saturated carbocycles. The number of alkyl halides is 1. The Bertz CT molecular complexity index is 842. The lowest BCUT2D eigenvalue weighted by atomic mass is 9.45. The first-order valence-electron chi connectivity index (χ1n) is 11.8. The second kappa shape index (κ2) is 8.74. The largest absolute Gasteiger partial charge is 0.450 e. The maximum absolute atomic E-state index is 13.3. The topological polar surface area (TPSA) is 80.7 Å². The van der Waals surface area contributed by atoms with Gasteiger partial charge in [0.15, 0.2) is 17.2 Å². The molecule has 0 spiro atoms. The van der Waals surface area contributed by atoms with Crippen molar-refractivity contribution in [3.05, 3.63) is 11.6 Å². The number of aliphatic hydroxyl groups excluding tert-OH is 1. The second-order valence-corrected chi connectivity index (χ2v) is 12.0. The summed E-state index contributed by atoms with van der Waals surface area (Å²) in [5.41, 5.74) is -0.909. The molecule has 0 aromatic rings. The number of hydrogen-bond acceptors (Lipinski definition) is 6. The molecule has 0 unspecified atom stereocenters. The summed E-state index contributed by atoms with van der Waals surface area (Å²) >= 11 is 7.62. The van der Waals surface area contributed by atoms with E-state index >= 15 is 0 Å². The molecule has 4 rings (SSSR count). The first-order chi connectivity index (χ1) is 15.1. The summed E-state index contributed by atoms with van der Waals surface area (Å²) in [6, 6.07) is 0. The number of hydrogen-bond donors (Lipinski definition) is 1. The minimum absolute atomic E-state index is 0.0581.